The van der Waals surface area contributed by atoms with Crippen LogP contribution in [-0.2, 0) is 11.2 Å². The Morgan fingerprint density at radius 3 is 2.40 bits per heavy atom. The first-order chi connectivity index (χ1) is 12.2. The third-order valence-electron chi connectivity index (χ3n) is 3.98. The number of aliphatic hydroxyl groups excluding tert-OH is 1. The number of phenolic OH excluding ortho intramolecular Hbond substituents is 1. The van der Waals surface area contributed by atoms with Gasteiger partial charge >= 0.3 is 0 Å². The fourth-order valence-corrected chi connectivity index (χ4v) is 2.66. The van der Waals surface area contributed by atoms with Gasteiger partial charge in [-0.2, -0.15) is 0 Å². The van der Waals surface area contributed by atoms with Crippen LogP contribution >= 0.6 is 0 Å². The number of aryl methyl sites for hydroxylation is 1. The van der Waals surface area contributed by atoms with Gasteiger partial charge in [-0.25, -0.2) is 0 Å². The van der Waals surface area contributed by atoms with E-state index < -0.39 is 0 Å². The summed E-state index contributed by atoms with van der Waals surface area (Å²) < 4.78 is 10.8. The monoisotopic (exact) mass is 344 g/mol. The van der Waals surface area contributed by atoms with Gasteiger partial charge < -0.3 is 19.7 Å². The van der Waals surface area contributed by atoms with Crippen molar-refractivity contribution < 1.29 is 19.7 Å². The van der Waals surface area contributed by atoms with E-state index in [-0.39, 0.29) is 12.4 Å². The number of hydrogen-bond acceptors (Lipinski definition) is 4. The molecule has 0 saturated heterocycles. The van der Waals surface area contributed by atoms with Gasteiger partial charge in [-0.15, -0.1) is 0 Å². The molecule has 0 unspecified atom stereocenters. The topological polar surface area (TPSA) is 58.9 Å². The van der Waals surface area contributed by atoms with E-state index in [4.69, 9.17) is 14.6 Å². The molecule has 136 valence electrons. The van der Waals surface area contributed by atoms with Crippen LogP contribution in [0.2, 0.25) is 0 Å². The van der Waals surface area contributed by atoms with Gasteiger partial charge in [0, 0.05) is 6.07 Å². The Morgan fingerprint density at radius 2 is 1.68 bits per heavy atom. The van der Waals surface area contributed by atoms with Gasteiger partial charge in [0.15, 0.2) is 0 Å². The number of aromatic hydroxyl groups is 1. The lowest BCUT2D eigenvalue weighted by Gasteiger charge is -2.10. The van der Waals surface area contributed by atoms with Gasteiger partial charge in [-0.1, -0.05) is 44.0 Å². The molecule has 0 aromatic heterocycles. The van der Waals surface area contributed by atoms with Crippen molar-refractivity contribution in [2.45, 2.75) is 32.6 Å². The molecule has 0 aliphatic heterocycles. The van der Waals surface area contributed by atoms with Crippen LogP contribution in [0.1, 0.15) is 31.7 Å². The van der Waals surface area contributed by atoms with Crippen LogP contribution in [0.25, 0.3) is 11.1 Å². The van der Waals surface area contributed by atoms with Crippen LogP contribution in [0, 0.1) is 0 Å². The summed E-state index contributed by atoms with van der Waals surface area (Å²) in [7, 11) is 0. The standard InChI is InChI=1S/C21H28O4/c1-2-3-4-5-17-6-8-18(9-7-17)19-14-20(23)16-21(15-19)25-13-12-24-11-10-22/h6-9,14-16,22-23H,2-5,10-13H2,1H3. The molecule has 0 fully saturated rings. The van der Waals surface area contributed by atoms with Crippen molar-refractivity contribution in [2.24, 2.45) is 0 Å². The largest absolute Gasteiger partial charge is 0.508 e. The minimum Gasteiger partial charge on any atom is -0.508 e. The highest BCUT2D eigenvalue weighted by Gasteiger charge is 2.05. The van der Waals surface area contributed by atoms with Gasteiger partial charge in [0.1, 0.15) is 18.1 Å². The van der Waals surface area contributed by atoms with Gasteiger partial charge in [0.2, 0.25) is 0 Å². The summed E-state index contributed by atoms with van der Waals surface area (Å²) in [6.07, 6.45) is 4.82. The van der Waals surface area contributed by atoms with E-state index in [1.807, 2.05) is 6.07 Å². The molecule has 2 N–H and O–H groups in total. The third kappa shape index (κ3) is 6.77. The fourth-order valence-electron chi connectivity index (χ4n) is 2.66. The maximum atomic E-state index is 9.95. The molecule has 0 spiro atoms. The molecule has 0 radical (unpaired) electrons. The van der Waals surface area contributed by atoms with E-state index in [1.54, 1.807) is 12.1 Å². The predicted octanol–water partition coefficient (Wildman–Crippen LogP) is 4.18. The molecule has 4 heteroatoms. The van der Waals surface area contributed by atoms with E-state index in [0.717, 1.165) is 17.5 Å². The number of aliphatic hydroxyl groups is 1. The van der Waals surface area contributed by atoms with Crippen molar-refractivity contribution in [1.29, 1.82) is 0 Å². The summed E-state index contributed by atoms with van der Waals surface area (Å²) in [6.45, 7) is 3.30. The van der Waals surface area contributed by atoms with Crippen LogP contribution < -0.4 is 4.74 Å². The molecular formula is C21H28O4. The van der Waals surface area contributed by atoms with Crippen molar-refractivity contribution in [3.63, 3.8) is 0 Å². The average Bonchev–Trinajstić information content (AvgIpc) is 2.62. The van der Waals surface area contributed by atoms with Gasteiger partial charge in [0.05, 0.1) is 19.8 Å². The van der Waals surface area contributed by atoms with Crippen molar-refractivity contribution in [2.75, 3.05) is 26.4 Å². The minimum atomic E-state index is 0.00468. The Bertz CT molecular complexity index is 622. The second kappa shape index (κ2) is 10.7. The second-order valence-corrected chi connectivity index (χ2v) is 6.05. The van der Waals surface area contributed by atoms with E-state index in [2.05, 4.69) is 31.2 Å². The van der Waals surface area contributed by atoms with Crippen molar-refractivity contribution in [1.82, 2.24) is 0 Å². The Morgan fingerprint density at radius 1 is 0.880 bits per heavy atom. The fraction of sp³-hybridized carbons (Fsp3) is 0.429. The third-order valence-corrected chi connectivity index (χ3v) is 3.98. The van der Waals surface area contributed by atoms with E-state index in [0.29, 0.717) is 25.6 Å². The Hall–Kier alpha value is -2.04. The van der Waals surface area contributed by atoms with Crippen molar-refractivity contribution in [3.8, 4) is 22.6 Å². The van der Waals surface area contributed by atoms with Crippen LogP contribution in [0.3, 0.4) is 0 Å². The molecule has 0 atom stereocenters. The molecule has 4 nitrogen and oxygen atoms in total. The molecule has 0 bridgehead atoms. The Balaban J connectivity index is 1.98. The number of phenols is 1. The molecule has 2 rings (SSSR count). The molecule has 0 aliphatic carbocycles. The smallest absolute Gasteiger partial charge is 0.123 e. The summed E-state index contributed by atoms with van der Waals surface area (Å²) >= 11 is 0. The number of hydrogen-bond donors (Lipinski definition) is 2. The van der Waals surface area contributed by atoms with Crippen molar-refractivity contribution in [3.05, 3.63) is 48.0 Å². The highest BCUT2D eigenvalue weighted by atomic mass is 16.5. The van der Waals surface area contributed by atoms with Crippen LogP contribution in [0.4, 0.5) is 0 Å². The summed E-state index contributed by atoms with van der Waals surface area (Å²) in [4.78, 5) is 0. The molecular weight excluding hydrogens is 316 g/mol. The predicted molar refractivity (Wildman–Crippen MR) is 100 cm³/mol. The Kier molecular flexibility index (Phi) is 8.29. The summed E-state index contributed by atoms with van der Waals surface area (Å²) in [6, 6.07) is 13.7. The summed E-state index contributed by atoms with van der Waals surface area (Å²) in [5, 5.41) is 18.6. The normalized spacial score (nSPS) is 10.8. The lowest BCUT2D eigenvalue weighted by Crippen LogP contribution is -2.09. The Labute approximate surface area is 150 Å². The zero-order chi connectivity index (χ0) is 17.9. The van der Waals surface area contributed by atoms with Gasteiger partial charge in [-0.05, 0) is 41.7 Å². The molecule has 0 heterocycles. The second-order valence-electron chi connectivity index (χ2n) is 6.05. The SMILES string of the molecule is CCCCCc1ccc(-c2cc(O)cc(OCCOCCO)c2)cc1. The highest BCUT2D eigenvalue weighted by Crippen LogP contribution is 2.29. The molecule has 0 aliphatic rings. The molecule has 0 saturated carbocycles. The number of ether oxygens (including phenoxy) is 2. The van der Waals surface area contributed by atoms with E-state index in [9.17, 15) is 5.11 Å². The number of benzene rings is 2. The first-order valence-corrected chi connectivity index (χ1v) is 8.97. The lowest BCUT2D eigenvalue weighted by molar-refractivity contribution is 0.0705. The van der Waals surface area contributed by atoms with E-state index >= 15 is 0 Å². The first kappa shape index (κ1) is 19.3. The molecule has 25 heavy (non-hydrogen) atoms. The van der Waals surface area contributed by atoms with Crippen LogP contribution in [0.5, 0.6) is 11.5 Å². The zero-order valence-corrected chi connectivity index (χ0v) is 14.9. The van der Waals surface area contributed by atoms with Crippen LogP contribution in [0.15, 0.2) is 42.5 Å². The maximum Gasteiger partial charge on any atom is 0.123 e. The van der Waals surface area contributed by atoms with Crippen LogP contribution in [-0.4, -0.2) is 36.6 Å². The average molecular weight is 344 g/mol. The number of rotatable bonds is 11. The van der Waals surface area contributed by atoms with Gasteiger partial charge in [-0.3, -0.25) is 0 Å². The maximum absolute atomic E-state index is 9.95. The van der Waals surface area contributed by atoms with Crippen molar-refractivity contribution >= 4 is 0 Å². The summed E-state index contributed by atoms with van der Waals surface area (Å²) in [5.74, 6) is 0.783. The molecule has 2 aromatic carbocycles. The lowest BCUT2D eigenvalue weighted by atomic mass is 10.0. The minimum absolute atomic E-state index is 0.00468. The van der Waals surface area contributed by atoms with E-state index in [1.165, 1.54) is 24.8 Å². The molecule has 0 amide bonds. The first-order valence-electron chi connectivity index (χ1n) is 8.97. The molecule has 2 aromatic rings. The quantitative estimate of drug-likeness (QED) is 0.600. The zero-order valence-electron chi connectivity index (χ0n) is 14.9. The number of unbranched alkanes of at least 4 members (excludes halogenated alkanes) is 2. The summed E-state index contributed by atoms with van der Waals surface area (Å²) in [5.41, 5.74) is 3.32. The van der Waals surface area contributed by atoms with Gasteiger partial charge in [0.25, 0.3) is 0 Å². The highest BCUT2D eigenvalue weighted by molar-refractivity contribution is 5.67.